The summed E-state index contributed by atoms with van der Waals surface area (Å²) in [6.45, 7) is 2.47. The summed E-state index contributed by atoms with van der Waals surface area (Å²) in [5.74, 6) is -0.0836. The fourth-order valence-electron chi connectivity index (χ4n) is 1.89. The summed E-state index contributed by atoms with van der Waals surface area (Å²) >= 11 is 3.38. The van der Waals surface area contributed by atoms with Crippen LogP contribution in [0.3, 0.4) is 0 Å². The Morgan fingerprint density at radius 3 is 2.78 bits per heavy atom. The molecule has 0 aliphatic heterocycles. The summed E-state index contributed by atoms with van der Waals surface area (Å²) in [6.07, 6.45) is 0. The molecular formula is C13H19BrN2O2. The molecule has 0 saturated heterocycles. The Morgan fingerprint density at radius 2 is 2.22 bits per heavy atom. The van der Waals surface area contributed by atoms with E-state index in [1.807, 2.05) is 37.1 Å². The van der Waals surface area contributed by atoms with Crippen molar-refractivity contribution in [1.29, 1.82) is 0 Å². The molecule has 1 atom stereocenters. The average Bonchev–Trinajstić information content (AvgIpc) is 2.37. The highest BCUT2D eigenvalue weighted by Gasteiger charge is 2.15. The third-order valence-electron chi connectivity index (χ3n) is 2.86. The Bertz CT molecular complexity index is 423. The number of anilines is 1. The van der Waals surface area contributed by atoms with E-state index in [1.54, 1.807) is 7.05 Å². The molecule has 1 rings (SSSR count). The van der Waals surface area contributed by atoms with E-state index in [9.17, 15) is 9.90 Å². The van der Waals surface area contributed by atoms with E-state index in [-0.39, 0.29) is 18.4 Å². The molecule has 0 aliphatic rings. The highest BCUT2D eigenvalue weighted by Crippen LogP contribution is 2.24. The summed E-state index contributed by atoms with van der Waals surface area (Å²) in [4.78, 5) is 13.5. The molecule has 0 heterocycles. The first-order valence-electron chi connectivity index (χ1n) is 5.81. The minimum absolute atomic E-state index is 0.0181. The lowest BCUT2D eigenvalue weighted by molar-refractivity contribution is -0.123. The van der Waals surface area contributed by atoms with Crippen molar-refractivity contribution >= 4 is 27.5 Å². The van der Waals surface area contributed by atoms with Crippen molar-refractivity contribution in [3.05, 3.63) is 28.2 Å². The molecule has 0 spiro atoms. The van der Waals surface area contributed by atoms with Crippen molar-refractivity contribution in [3.63, 3.8) is 0 Å². The van der Waals surface area contributed by atoms with Gasteiger partial charge in [0.2, 0.25) is 5.91 Å². The van der Waals surface area contributed by atoms with E-state index in [1.165, 1.54) is 0 Å². The number of aliphatic hydroxyl groups excluding tert-OH is 1. The van der Waals surface area contributed by atoms with Gasteiger partial charge >= 0.3 is 0 Å². The molecule has 0 radical (unpaired) electrons. The maximum Gasteiger partial charge on any atom is 0.224 e. The zero-order chi connectivity index (χ0) is 13.7. The number of rotatable bonds is 5. The topological polar surface area (TPSA) is 52.6 Å². The molecule has 0 aliphatic carbocycles. The molecule has 0 aromatic heterocycles. The van der Waals surface area contributed by atoms with Crippen LogP contribution in [-0.2, 0) is 11.4 Å². The van der Waals surface area contributed by atoms with Crippen LogP contribution in [0.1, 0.15) is 12.5 Å². The van der Waals surface area contributed by atoms with Gasteiger partial charge in [-0.1, -0.05) is 22.9 Å². The number of nitrogens with zero attached hydrogens (tertiary/aromatic N) is 1. The van der Waals surface area contributed by atoms with Crippen LogP contribution in [0.25, 0.3) is 0 Å². The molecule has 18 heavy (non-hydrogen) atoms. The number of amides is 1. The predicted octanol–water partition coefficient (Wildman–Crippen LogP) is 1.76. The number of halogens is 1. The number of nitrogens with one attached hydrogen (secondary N) is 1. The largest absolute Gasteiger partial charge is 0.392 e. The number of carbonyl (C=O) groups is 1. The van der Waals surface area contributed by atoms with Crippen molar-refractivity contribution in [2.24, 2.45) is 5.92 Å². The standard InChI is InChI=1S/C13H19BrN2O2/c1-9(13(18)15-2)7-16(3)12-5-4-11(14)6-10(12)8-17/h4-6,9,17H,7-8H2,1-3H3,(H,15,18). The SMILES string of the molecule is CNC(=O)C(C)CN(C)c1ccc(Br)cc1CO. The fraction of sp³-hybridized carbons (Fsp3) is 0.462. The van der Waals surface area contributed by atoms with Crippen molar-refractivity contribution in [1.82, 2.24) is 5.32 Å². The van der Waals surface area contributed by atoms with Crippen molar-refractivity contribution < 1.29 is 9.90 Å². The summed E-state index contributed by atoms with van der Waals surface area (Å²) < 4.78 is 0.933. The third kappa shape index (κ3) is 3.71. The van der Waals surface area contributed by atoms with Gasteiger partial charge in [-0.05, 0) is 18.2 Å². The van der Waals surface area contributed by atoms with Gasteiger partial charge in [0.15, 0.2) is 0 Å². The Hall–Kier alpha value is -1.07. The first-order valence-corrected chi connectivity index (χ1v) is 6.61. The van der Waals surface area contributed by atoms with Gasteiger partial charge < -0.3 is 15.3 Å². The van der Waals surface area contributed by atoms with E-state index in [2.05, 4.69) is 21.2 Å². The van der Waals surface area contributed by atoms with Crippen LogP contribution in [0.4, 0.5) is 5.69 Å². The van der Waals surface area contributed by atoms with Crippen LogP contribution in [0.15, 0.2) is 22.7 Å². The molecule has 100 valence electrons. The molecule has 0 saturated carbocycles. The van der Waals surface area contributed by atoms with Crippen LogP contribution >= 0.6 is 15.9 Å². The zero-order valence-corrected chi connectivity index (χ0v) is 12.5. The van der Waals surface area contributed by atoms with E-state index in [0.717, 1.165) is 15.7 Å². The Kier molecular flexibility index (Phi) is 5.62. The highest BCUT2D eigenvalue weighted by atomic mass is 79.9. The second-order valence-electron chi connectivity index (χ2n) is 4.33. The number of carbonyl (C=O) groups excluding carboxylic acids is 1. The molecule has 1 amide bonds. The van der Waals surface area contributed by atoms with Gasteiger partial charge in [-0.15, -0.1) is 0 Å². The third-order valence-corrected chi connectivity index (χ3v) is 3.36. The van der Waals surface area contributed by atoms with Crippen molar-refractivity contribution in [3.8, 4) is 0 Å². The lowest BCUT2D eigenvalue weighted by Gasteiger charge is -2.24. The van der Waals surface area contributed by atoms with Crippen LogP contribution < -0.4 is 10.2 Å². The van der Waals surface area contributed by atoms with Gasteiger partial charge in [0.05, 0.1) is 12.5 Å². The second kappa shape index (κ2) is 6.75. The van der Waals surface area contributed by atoms with E-state index < -0.39 is 0 Å². The average molecular weight is 315 g/mol. The molecule has 4 nitrogen and oxygen atoms in total. The lowest BCUT2D eigenvalue weighted by Crippen LogP contribution is -2.34. The Morgan fingerprint density at radius 1 is 1.56 bits per heavy atom. The number of hydrogen-bond acceptors (Lipinski definition) is 3. The van der Waals surface area contributed by atoms with Crippen LogP contribution in [-0.4, -0.2) is 31.7 Å². The number of hydrogen-bond donors (Lipinski definition) is 2. The molecule has 1 aromatic carbocycles. The molecule has 5 heteroatoms. The number of benzene rings is 1. The van der Waals surface area contributed by atoms with Gasteiger partial charge in [-0.25, -0.2) is 0 Å². The lowest BCUT2D eigenvalue weighted by atomic mass is 10.1. The summed E-state index contributed by atoms with van der Waals surface area (Å²) in [6, 6.07) is 5.75. The van der Waals surface area contributed by atoms with E-state index in [0.29, 0.717) is 6.54 Å². The molecule has 0 bridgehead atoms. The molecular weight excluding hydrogens is 296 g/mol. The number of aliphatic hydroxyl groups is 1. The maximum absolute atomic E-state index is 11.5. The highest BCUT2D eigenvalue weighted by molar-refractivity contribution is 9.10. The molecule has 2 N–H and O–H groups in total. The van der Waals surface area contributed by atoms with Gasteiger partial charge in [-0.3, -0.25) is 4.79 Å². The smallest absolute Gasteiger partial charge is 0.224 e. The van der Waals surface area contributed by atoms with Gasteiger partial charge in [0.1, 0.15) is 0 Å². The van der Waals surface area contributed by atoms with Crippen LogP contribution in [0.2, 0.25) is 0 Å². The monoisotopic (exact) mass is 314 g/mol. The minimum atomic E-state index is -0.102. The second-order valence-corrected chi connectivity index (χ2v) is 5.24. The summed E-state index contributed by atoms with van der Waals surface area (Å²) in [5, 5.41) is 12.0. The van der Waals surface area contributed by atoms with Crippen molar-refractivity contribution in [2.75, 3.05) is 25.5 Å². The maximum atomic E-state index is 11.5. The normalized spacial score (nSPS) is 12.1. The minimum Gasteiger partial charge on any atom is -0.392 e. The quantitative estimate of drug-likeness (QED) is 0.870. The van der Waals surface area contributed by atoms with E-state index in [4.69, 9.17) is 0 Å². The van der Waals surface area contributed by atoms with Gasteiger partial charge in [0, 0.05) is 36.4 Å². The van der Waals surface area contributed by atoms with Crippen LogP contribution in [0, 0.1) is 5.92 Å². The van der Waals surface area contributed by atoms with E-state index >= 15 is 0 Å². The zero-order valence-electron chi connectivity index (χ0n) is 10.9. The Balaban J connectivity index is 2.83. The first kappa shape index (κ1) is 15.0. The van der Waals surface area contributed by atoms with Crippen LogP contribution in [0.5, 0.6) is 0 Å². The fourth-order valence-corrected chi connectivity index (χ4v) is 2.30. The van der Waals surface area contributed by atoms with Gasteiger partial charge in [0.25, 0.3) is 0 Å². The predicted molar refractivity (Wildman–Crippen MR) is 76.6 cm³/mol. The molecule has 0 fully saturated rings. The summed E-state index contributed by atoms with van der Waals surface area (Å²) in [5.41, 5.74) is 1.78. The Labute approximate surface area is 116 Å². The molecule has 1 aromatic rings. The first-order chi connectivity index (χ1) is 8.49. The van der Waals surface area contributed by atoms with Crippen molar-refractivity contribution in [2.45, 2.75) is 13.5 Å². The van der Waals surface area contributed by atoms with Gasteiger partial charge in [-0.2, -0.15) is 0 Å². The summed E-state index contributed by atoms with van der Waals surface area (Å²) in [7, 11) is 3.56. The molecule has 1 unspecified atom stereocenters.